The Bertz CT molecular complexity index is 861. The van der Waals surface area contributed by atoms with Crippen molar-refractivity contribution in [3.8, 4) is 33.2 Å². The molecule has 0 aliphatic heterocycles. The molecule has 0 atom stereocenters. The molecule has 0 bridgehead atoms. The van der Waals surface area contributed by atoms with E-state index in [-0.39, 0.29) is 0 Å². The average Bonchev–Trinajstić information content (AvgIpc) is 3.27. The Morgan fingerprint density at radius 3 is 2.18 bits per heavy atom. The molecule has 2 heterocycles. The van der Waals surface area contributed by atoms with Crippen LogP contribution in [-0.2, 0) is 0 Å². The van der Waals surface area contributed by atoms with E-state index < -0.39 is 0 Å². The summed E-state index contributed by atoms with van der Waals surface area (Å²) in [5.74, 6) is 1.47. The van der Waals surface area contributed by atoms with Gasteiger partial charge in [0.05, 0.1) is 11.1 Å². The standard InChI is InChI=1S/C19H13NOS/c1-2-5-14(6-3-1)15-8-10-16(11-9-15)17-13-20-19(21-17)18-7-4-12-22-18/h1-13H. The maximum Gasteiger partial charge on any atom is 0.236 e. The van der Waals surface area contributed by atoms with Crippen LogP contribution < -0.4 is 0 Å². The van der Waals surface area contributed by atoms with Crippen LogP contribution in [0.2, 0.25) is 0 Å². The van der Waals surface area contributed by atoms with E-state index in [1.807, 2.05) is 35.7 Å². The maximum absolute atomic E-state index is 5.86. The number of hydrogen-bond acceptors (Lipinski definition) is 3. The summed E-state index contributed by atoms with van der Waals surface area (Å²) in [7, 11) is 0. The van der Waals surface area contributed by atoms with Crippen LogP contribution in [0.3, 0.4) is 0 Å². The Labute approximate surface area is 132 Å². The van der Waals surface area contributed by atoms with Crippen molar-refractivity contribution < 1.29 is 4.42 Å². The van der Waals surface area contributed by atoms with Gasteiger partial charge in [-0.1, -0.05) is 60.7 Å². The highest BCUT2D eigenvalue weighted by molar-refractivity contribution is 7.13. The van der Waals surface area contributed by atoms with Crippen LogP contribution in [0.15, 0.2) is 82.7 Å². The third kappa shape index (κ3) is 2.47. The summed E-state index contributed by atoms with van der Waals surface area (Å²) >= 11 is 1.63. The minimum absolute atomic E-state index is 0.678. The van der Waals surface area contributed by atoms with E-state index in [0.29, 0.717) is 5.89 Å². The highest BCUT2D eigenvalue weighted by atomic mass is 32.1. The number of hydrogen-bond donors (Lipinski definition) is 0. The molecule has 0 spiro atoms. The molecule has 4 rings (SSSR count). The van der Waals surface area contributed by atoms with Crippen molar-refractivity contribution in [3.05, 3.63) is 78.3 Å². The minimum Gasteiger partial charge on any atom is -0.435 e. The minimum atomic E-state index is 0.678. The van der Waals surface area contributed by atoms with Crippen LogP contribution in [-0.4, -0.2) is 4.98 Å². The van der Waals surface area contributed by atoms with Crippen LogP contribution in [0.4, 0.5) is 0 Å². The molecule has 0 aliphatic rings. The van der Waals surface area contributed by atoms with Crippen molar-refractivity contribution in [2.24, 2.45) is 0 Å². The number of rotatable bonds is 3. The van der Waals surface area contributed by atoms with E-state index in [1.165, 1.54) is 11.1 Å². The van der Waals surface area contributed by atoms with Gasteiger partial charge in [0.2, 0.25) is 5.89 Å². The van der Waals surface area contributed by atoms with Crippen LogP contribution in [0, 0.1) is 0 Å². The van der Waals surface area contributed by atoms with E-state index in [2.05, 4.69) is 41.4 Å². The summed E-state index contributed by atoms with van der Waals surface area (Å²) < 4.78 is 5.86. The Hall–Kier alpha value is -2.65. The molecule has 0 fully saturated rings. The van der Waals surface area contributed by atoms with E-state index in [4.69, 9.17) is 4.42 Å². The zero-order valence-corrected chi connectivity index (χ0v) is 12.6. The first-order valence-corrected chi connectivity index (χ1v) is 7.94. The molecule has 0 amide bonds. The Morgan fingerprint density at radius 2 is 1.45 bits per heavy atom. The molecule has 22 heavy (non-hydrogen) atoms. The third-order valence-corrected chi connectivity index (χ3v) is 4.37. The average molecular weight is 303 g/mol. The fourth-order valence-corrected chi connectivity index (χ4v) is 3.04. The molecule has 2 aromatic carbocycles. The lowest BCUT2D eigenvalue weighted by Crippen LogP contribution is -1.78. The third-order valence-electron chi connectivity index (χ3n) is 3.51. The summed E-state index contributed by atoms with van der Waals surface area (Å²) in [5, 5.41) is 2.02. The number of thiophene rings is 1. The number of oxazole rings is 1. The summed E-state index contributed by atoms with van der Waals surface area (Å²) in [5.41, 5.74) is 3.45. The molecule has 0 unspecified atom stereocenters. The molecule has 4 aromatic rings. The first-order valence-electron chi connectivity index (χ1n) is 7.06. The highest BCUT2D eigenvalue weighted by Gasteiger charge is 2.09. The fourth-order valence-electron chi connectivity index (χ4n) is 2.38. The Kier molecular flexibility index (Phi) is 3.33. The second-order valence-corrected chi connectivity index (χ2v) is 5.90. The second kappa shape index (κ2) is 5.62. The first-order chi connectivity index (χ1) is 10.9. The van der Waals surface area contributed by atoms with Crippen LogP contribution in [0.5, 0.6) is 0 Å². The second-order valence-electron chi connectivity index (χ2n) is 4.95. The molecule has 0 aliphatic carbocycles. The van der Waals surface area contributed by atoms with Crippen molar-refractivity contribution in [2.75, 3.05) is 0 Å². The molecule has 0 saturated heterocycles. The first kappa shape index (κ1) is 13.0. The van der Waals surface area contributed by atoms with Gasteiger partial charge < -0.3 is 4.42 Å². The van der Waals surface area contributed by atoms with Gasteiger partial charge >= 0.3 is 0 Å². The molecule has 0 saturated carbocycles. The molecule has 3 heteroatoms. The molecule has 0 radical (unpaired) electrons. The largest absolute Gasteiger partial charge is 0.435 e. The van der Waals surface area contributed by atoms with Gasteiger partial charge in [0.1, 0.15) is 0 Å². The zero-order chi connectivity index (χ0) is 14.8. The molecule has 2 aromatic heterocycles. The van der Waals surface area contributed by atoms with Crippen molar-refractivity contribution >= 4 is 11.3 Å². The van der Waals surface area contributed by atoms with Gasteiger partial charge in [0.25, 0.3) is 0 Å². The maximum atomic E-state index is 5.86. The fraction of sp³-hybridized carbons (Fsp3) is 0. The van der Waals surface area contributed by atoms with Gasteiger partial charge in [0, 0.05) is 5.56 Å². The lowest BCUT2D eigenvalue weighted by molar-refractivity contribution is 0.590. The zero-order valence-electron chi connectivity index (χ0n) is 11.8. The number of aromatic nitrogens is 1. The SMILES string of the molecule is c1ccc(-c2ccc(-c3cnc(-c4cccs4)o3)cc2)cc1. The number of nitrogens with zero attached hydrogens (tertiary/aromatic N) is 1. The molecular formula is C19H13NOS. The smallest absolute Gasteiger partial charge is 0.236 e. The van der Waals surface area contributed by atoms with Gasteiger partial charge in [-0.3, -0.25) is 0 Å². The predicted molar refractivity (Wildman–Crippen MR) is 90.7 cm³/mol. The highest BCUT2D eigenvalue weighted by Crippen LogP contribution is 2.30. The summed E-state index contributed by atoms with van der Waals surface area (Å²) in [4.78, 5) is 5.41. The quantitative estimate of drug-likeness (QED) is 0.482. The van der Waals surface area contributed by atoms with E-state index >= 15 is 0 Å². The van der Waals surface area contributed by atoms with E-state index in [1.54, 1.807) is 17.5 Å². The Balaban J connectivity index is 1.64. The Morgan fingerprint density at radius 1 is 0.727 bits per heavy atom. The van der Waals surface area contributed by atoms with Gasteiger partial charge in [-0.2, -0.15) is 0 Å². The van der Waals surface area contributed by atoms with Crippen molar-refractivity contribution in [2.45, 2.75) is 0 Å². The summed E-state index contributed by atoms with van der Waals surface area (Å²) in [6, 6.07) is 22.7. The normalized spacial score (nSPS) is 10.7. The van der Waals surface area contributed by atoms with Crippen molar-refractivity contribution in [1.29, 1.82) is 0 Å². The van der Waals surface area contributed by atoms with Crippen LogP contribution in [0.25, 0.3) is 33.2 Å². The molecule has 0 N–H and O–H groups in total. The van der Waals surface area contributed by atoms with Gasteiger partial charge in [-0.15, -0.1) is 11.3 Å². The topological polar surface area (TPSA) is 26.0 Å². The van der Waals surface area contributed by atoms with Crippen molar-refractivity contribution in [1.82, 2.24) is 4.98 Å². The predicted octanol–water partition coefficient (Wildman–Crippen LogP) is 5.74. The van der Waals surface area contributed by atoms with Crippen LogP contribution in [0.1, 0.15) is 0 Å². The van der Waals surface area contributed by atoms with Crippen LogP contribution >= 0.6 is 11.3 Å². The van der Waals surface area contributed by atoms with Gasteiger partial charge in [-0.25, -0.2) is 4.98 Å². The molecule has 106 valence electrons. The summed E-state index contributed by atoms with van der Waals surface area (Å²) in [6.07, 6.45) is 1.78. The van der Waals surface area contributed by atoms with Crippen molar-refractivity contribution in [3.63, 3.8) is 0 Å². The van der Waals surface area contributed by atoms with E-state index in [0.717, 1.165) is 16.2 Å². The molecule has 2 nitrogen and oxygen atoms in total. The lowest BCUT2D eigenvalue weighted by Gasteiger charge is -2.02. The molecular weight excluding hydrogens is 290 g/mol. The van der Waals surface area contributed by atoms with Gasteiger partial charge in [0.15, 0.2) is 5.76 Å². The number of benzene rings is 2. The lowest BCUT2D eigenvalue weighted by atomic mass is 10.0. The monoisotopic (exact) mass is 303 g/mol. The van der Waals surface area contributed by atoms with E-state index in [9.17, 15) is 0 Å². The summed E-state index contributed by atoms with van der Waals surface area (Å²) in [6.45, 7) is 0. The van der Waals surface area contributed by atoms with Gasteiger partial charge in [-0.05, 0) is 22.6 Å².